The molecule has 2 N–H and O–H groups in total. The van der Waals surface area contributed by atoms with E-state index < -0.39 is 11.9 Å². The van der Waals surface area contributed by atoms with Gasteiger partial charge in [-0.3, -0.25) is 4.79 Å². The van der Waals surface area contributed by atoms with E-state index in [2.05, 4.69) is 12.2 Å². The van der Waals surface area contributed by atoms with Crippen LogP contribution in [0.5, 0.6) is 0 Å². The molecule has 0 spiro atoms. The van der Waals surface area contributed by atoms with Crippen LogP contribution in [0, 0.1) is 5.92 Å². The molecule has 3 unspecified atom stereocenters. The SMILES string of the molecule is CCSCC(C)NC(=O)N(CC)C1COCC1C(=O)O. The highest BCUT2D eigenvalue weighted by Crippen LogP contribution is 2.20. The van der Waals surface area contributed by atoms with Gasteiger partial charge in [-0.2, -0.15) is 11.8 Å². The molecule has 1 heterocycles. The Morgan fingerprint density at radius 1 is 1.45 bits per heavy atom. The van der Waals surface area contributed by atoms with Crippen molar-refractivity contribution in [3.63, 3.8) is 0 Å². The van der Waals surface area contributed by atoms with Crippen molar-refractivity contribution in [2.75, 3.05) is 31.3 Å². The van der Waals surface area contributed by atoms with E-state index in [-0.39, 0.29) is 31.3 Å². The molecule has 1 fully saturated rings. The van der Waals surface area contributed by atoms with Crippen LogP contribution in [0.1, 0.15) is 20.8 Å². The van der Waals surface area contributed by atoms with Crippen molar-refractivity contribution in [3.05, 3.63) is 0 Å². The van der Waals surface area contributed by atoms with Gasteiger partial charge in [-0.1, -0.05) is 6.92 Å². The quantitative estimate of drug-likeness (QED) is 0.740. The number of nitrogens with zero attached hydrogens (tertiary/aromatic N) is 1. The van der Waals surface area contributed by atoms with Crippen LogP contribution in [0.4, 0.5) is 4.79 Å². The highest BCUT2D eigenvalue weighted by molar-refractivity contribution is 7.99. The van der Waals surface area contributed by atoms with Crippen LogP contribution in [0.25, 0.3) is 0 Å². The van der Waals surface area contributed by atoms with Crippen LogP contribution in [-0.4, -0.2) is 65.4 Å². The molecule has 20 heavy (non-hydrogen) atoms. The molecule has 7 heteroatoms. The summed E-state index contributed by atoms with van der Waals surface area (Å²) in [7, 11) is 0. The van der Waals surface area contributed by atoms with Crippen LogP contribution in [0.3, 0.4) is 0 Å². The fraction of sp³-hybridized carbons (Fsp3) is 0.846. The van der Waals surface area contributed by atoms with E-state index in [1.54, 1.807) is 16.7 Å². The molecule has 1 saturated heterocycles. The number of nitrogens with one attached hydrogen (secondary N) is 1. The number of rotatable bonds is 7. The molecular weight excluding hydrogens is 280 g/mol. The summed E-state index contributed by atoms with van der Waals surface area (Å²) < 4.78 is 5.23. The molecule has 0 aromatic carbocycles. The Labute approximate surface area is 124 Å². The number of hydrogen-bond donors (Lipinski definition) is 2. The van der Waals surface area contributed by atoms with Crippen molar-refractivity contribution in [3.8, 4) is 0 Å². The first-order chi connectivity index (χ1) is 9.51. The average molecular weight is 304 g/mol. The predicted molar refractivity (Wildman–Crippen MR) is 79.1 cm³/mol. The highest BCUT2D eigenvalue weighted by Gasteiger charge is 2.39. The second-order valence-corrected chi connectivity index (χ2v) is 6.16. The first kappa shape index (κ1) is 17.1. The summed E-state index contributed by atoms with van der Waals surface area (Å²) in [5.74, 6) is 0.313. The summed E-state index contributed by atoms with van der Waals surface area (Å²) in [6.07, 6.45) is 0. The predicted octanol–water partition coefficient (Wildman–Crippen LogP) is 1.26. The number of aliphatic carboxylic acids is 1. The number of urea groups is 1. The van der Waals surface area contributed by atoms with Crippen LogP contribution >= 0.6 is 11.8 Å². The number of carboxylic acid groups (broad SMARTS) is 1. The van der Waals surface area contributed by atoms with E-state index in [0.29, 0.717) is 6.54 Å². The summed E-state index contributed by atoms with van der Waals surface area (Å²) in [5.41, 5.74) is 0. The van der Waals surface area contributed by atoms with Gasteiger partial charge in [0.2, 0.25) is 0 Å². The van der Waals surface area contributed by atoms with Gasteiger partial charge in [0, 0.05) is 18.3 Å². The minimum Gasteiger partial charge on any atom is -0.481 e. The minimum atomic E-state index is -0.909. The van der Waals surface area contributed by atoms with E-state index in [0.717, 1.165) is 11.5 Å². The lowest BCUT2D eigenvalue weighted by molar-refractivity contribution is -0.142. The van der Waals surface area contributed by atoms with Crippen LogP contribution < -0.4 is 5.32 Å². The third-order valence-electron chi connectivity index (χ3n) is 3.31. The molecule has 0 aromatic heterocycles. The zero-order valence-electron chi connectivity index (χ0n) is 12.3. The second-order valence-electron chi connectivity index (χ2n) is 4.85. The number of carbonyl (C=O) groups excluding carboxylic acids is 1. The molecule has 3 atom stereocenters. The smallest absolute Gasteiger partial charge is 0.317 e. The van der Waals surface area contributed by atoms with E-state index in [9.17, 15) is 9.59 Å². The van der Waals surface area contributed by atoms with E-state index in [1.807, 2.05) is 13.8 Å². The first-order valence-electron chi connectivity index (χ1n) is 6.96. The Kier molecular flexibility index (Phi) is 7.15. The van der Waals surface area contributed by atoms with E-state index in [4.69, 9.17) is 9.84 Å². The second kappa shape index (κ2) is 8.36. The van der Waals surface area contributed by atoms with Crippen molar-refractivity contribution in [2.24, 2.45) is 5.92 Å². The molecule has 0 aromatic rings. The number of carbonyl (C=O) groups is 2. The maximum Gasteiger partial charge on any atom is 0.317 e. The van der Waals surface area contributed by atoms with Crippen molar-refractivity contribution < 1.29 is 19.4 Å². The van der Waals surface area contributed by atoms with Gasteiger partial charge in [0.25, 0.3) is 0 Å². The van der Waals surface area contributed by atoms with Crippen molar-refractivity contribution >= 4 is 23.8 Å². The largest absolute Gasteiger partial charge is 0.481 e. The van der Waals surface area contributed by atoms with Gasteiger partial charge < -0.3 is 20.1 Å². The molecule has 6 nitrogen and oxygen atoms in total. The van der Waals surface area contributed by atoms with Gasteiger partial charge in [0.05, 0.1) is 19.3 Å². The highest BCUT2D eigenvalue weighted by atomic mass is 32.2. The van der Waals surface area contributed by atoms with E-state index in [1.165, 1.54) is 0 Å². The molecule has 2 amide bonds. The maximum absolute atomic E-state index is 12.3. The molecule has 1 rings (SSSR count). The van der Waals surface area contributed by atoms with Gasteiger partial charge in [-0.05, 0) is 19.6 Å². The summed E-state index contributed by atoms with van der Waals surface area (Å²) >= 11 is 1.76. The Morgan fingerprint density at radius 3 is 2.70 bits per heavy atom. The average Bonchev–Trinajstić information content (AvgIpc) is 2.86. The normalized spacial score (nSPS) is 23.4. The summed E-state index contributed by atoms with van der Waals surface area (Å²) in [6, 6.07) is -0.533. The molecule has 0 radical (unpaired) electrons. The lowest BCUT2D eigenvalue weighted by atomic mass is 10.0. The third-order valence-corrected chi connectivity index (χ3v) is 4.46. The van der Waals surface area contributed by atoms with E-state index >= 15 is 0 Å². The number of likely N-dealkylation sites (N-methyl/N-ethyl adjacent to an activating group) is 1. The van der Waals surface area contributed by atoms with Crippen LogP contribution in [0.2, 0.25) is 0 Å². The Morgan fingerprint density at radius 2 is 2.15 bits per heavy atom. The summed E-state index contributed by atoms with van der Waals surface area (Å²) in [4.78, 5) is 25.0. The standard InChI is InChI=1S/C13H24N2O4S/c1-4-15(11-7-19-6-10(11)12(16)17)13(18)14-9(3)8-20-5-2/h9-11H,4-8H2,1-3H3,(H,14,18)(H,16,17). The van der Waals surface area contributed by atoms with Crippen LogP contribution in [0.15, 0.2) is 0 Å². The Balaban J connectivity index is 2.60. The first-order valence-corrected chi connectivity index (χ1v) is 8.12. The zero-order valence-corrected chi connectivity index (χ0v) is 13.1. The number of carboxylic acids is 1. The molecule has 0 saturated carbocycles. The van der Waals surface area contributed by atoms with Gasteiger partial charge >= 0.3 is 12.0 Å². The lowest BCUT2D eigenvalue weighted by Crippen LogP contribution is -2.52. The van der Waals surface area contributed by atoms with Gasteiger partial charge in [0.15, 0.2) is 0 Å². The Hall–Kier alpha value is -0.950. The lowest BCUT2D eigenvalue weighted by Gasteiger charge is -2.30. The molecule has 1 aliphatic heterocycles. The molecule has 0 bridgehead atoms. The van der Waals surface area contributed by atoms with Crippen LogP contribution in [-0.2, 0) is 9.53 Å². The van der Waals surface area contributed by atoms with Crippen molar-refractivity contribution in [1.29, 1.82) is 0 Å². The fourth-order valence-electron chi connectivity index (χ4n) is 2.24. The molecular formula is C13H24N2O4S. The fourth-order valence-corrected chi connectivity index (χ4v) is 2.92. The summed E-state index contributed by atoms with van der Waals surface area (Å²) in [5, 5.41) is 12.1. The maximum atomic E-state index is 12.3. The number of thioether (sulfide) groups is 1. The Bertz CT molecular complexity index is 340. The third kappa shape index (κ3) is 4.56. The van der Waals surface area contributed by atoms with Gasteiger partial charge in [-0.25, -0.2) is 4.79 Å². The van der Waals surface area contributed by atoms with Crippen molar-refractivity contribution in [2.45, 2.75) is 32.9 Å². The monoisotopic (exact) mass is 304 g/mol. The number of amides is 2. The number of ether oxygens (including phenoxy) is 1. The summed E-state index contributed by atoms with van der Waals surface area (Å²) in [6.45, 7) is 6.81. The zero-order chi connectivity index (χ0) is 15.1. The molecule has 0 aliphatic carbocycles. The van der Waals surface area contributed by atoms with Gasteiger partial charge in [-0.15, -0.1) is 0 Å². The molecule has 1 aliphatic rings. The molecule has 116 valence electrons. The minimum absolute atomic E-state index is 0.0621. The van der Waals surface area contributed by atoms with Crippen molar-refractivity contribution in [1.82, 2.24) is 10.2 Å². The topological polar surface area (TPSA) is 78.9 Å². The van der Waals surface area contributed by atoms with Gasteiger partial charge in [0.1, 0.15) is 5.92 Å². The number of hydrogen-bond acceptors (Lipinski definition) is 4.